The van der Waals surface area contributed by atoms with Crippen LogP contribution in [0.25, 0.3) is 0 Å². The number of carbonyl (C=O) groups excluding carboxylic acids is 1. The van der Waals surface area contributed by atoms with Crippen molar-refractivity contribution in [3.05, 3.63) is 0 Å². The molecule has 2 aliphatic heterocycles. The molecule has 1 atom stereocenters. The Morgan fingerprint density at radius 1 is 1.14 bits per heavy atom. The van der Waals surface area contributed by atoms with Gasteiger partial charge in [0.05, 0.1) is 19.3 Å². The van der Waals surface area contributed by atoms with Gasteiger partial charge in [-0.1, -0.05) is 0 Å². The Hall–Kier alpha value is -0.650. The molecule has 21 heavy (non-hydrogen) atoms. The fourth-order valence-electron chi connectivity index (χ4n) is 3.37. The van der Waals surface area contributed by atoms with Gasteiger partial charge in [0.25, 0.3) is 0 Å². The molecule has 1 saturated carbocycles. The van der Waals surface area contributed by atoms with E-state index in [1.165, 1.54) is 32.2 Å². The number of amides is 1. The Morgan fingerprint density at radius 3 is 2.43 bits per heavy atom. The first-order valence-electron chi connectivity index (χ1n) is 8.58. The van der Waals surface area contributed by atoms with Crippen molar-refractivity contribution >= 4 is 5.91 Å². The fraction of sp³-hybridized carbons (Fsp3) is 0.938. The number of nitrogens with one attached hydrogen (secondary N) is 1. The molecule has 3 fully saturated rings. The molecule has 120 valence electrons. The summed E-state index contributed by atoms with van der Waals surface area (Å²) in [5.74, 6) is 1.08. The minimum absolute atomic E-state index is 0.0282. The summed E-state index contributed by atoms with van der Waals surface area (Å²) in [6.45, 7) is 8.25. The van der Waals surface area contributed by atoms with Crippen molar-refractivity contribution in [1.82, 2.24) is 15.1 Å². The molecule has 5 nitrogen and oxygen atoms in total. The van der Waals surface area contributed by atoms with Crippen LogP contribution in [0.3, 0.4) is 0 Å². The molecular weight excluding hydrogens is 266 g/mol. The van der Waals surface area contributed by atoms with E-state index in [0.717, 1.165) is 38.1 Å². The van der Waals surface area contributed by atoms with Crippen LogP contribution in [0.2, 0.25) is 0 Å². The van der Waals surface area contributed by atoms with Crippen LogP contribution in [-0.4, -0.2) is 73.7 Å². The van der Waals surface area contributed by atoms with Gasteiger partial charge in [-0.25, -0.2) is 0 Å². The predicted molar refractivity (Wildman–Crippen MR) is 82.2 cm³/mol. The molecule has 0 aromatic rings. The first kappa shape index (κ1) is 15.3. The smallest absolute Gasteiger partial charge is 0.239 e. The quantitative estimate of drug-likeness (QED) is 0.811. The third kappa shape index (κ3) is 4.18. The van der Waals surface area contributed by atoms with Crippen LogP contribution in [-0.2, 0) is 9.53 Å². The zero-order valence-corrected chi connectivity index (χ0v) is 13.2. The minimum atomic E-state index is 0.0282. The second kappa shape index (κ2) is 7.07. The molecule has 0 aromatic carbocycles. The van der Waals surface area contributed by atoms with Crippen LogP contribution in [0.5, 0.6) is 0 Å². The summed E-state index contributed by atoms with van der Waals surface area (Å²) in [6, 6.07) is 0.838. The summed E-state index contributed by atoms with van der Waals surface area (Å²) in [7, 11) is 0. The predicted octanol–water partition coefficient (Wildman–Crippen LogP) is 0.698. The molecule has 1 N–H and O–H groups in total. The Bertz CT molecular complexity index is 345. The third-order valence-corrected chi connectivity index (χ3v) is 5.15. The lowest BCUT2D eigenvalue weighted by molar-refractivity contribution is -0.141. The number of rotatable bonds is 5. The van der Waals surface area contributed by atoms with Gasteiger partial charge >= 0.3 is 0 Å². The molecule has 0 spiro atoms. The number of carbonyl (C=O) groups is 1. The van der Waals surface area contributed by atoms with E-state index in [4.69, 9.17) is 4.74 Å². The van der Waals surface area contributed by atoms with Crippen LogP contribution in [0.15, 0.2) is 0 Å². The fourth-order valence-corrected chi connectivity index (χ4v) is 3.37. The van der Waals surface area contributed by atoms with E-state index in [1.807, 2.05) is 4.90 Å². The van der Waals surface area contributed by atoms with Crippen molar-refractivity contribution in [1.29, 1.82) is 0 Å². The highest BCUT2D eigenvalue weighted by molar-refractivity contribution is 5.81. The number of likely N-dealkylation sites (tertiary alicyclic amines) is 1. The second-order valence-electron chi connectivity index (χ2n) is 6.78. The van der Waals surface area contributed by atoms with Gasteiger partial charge in [-0.2, -0.15) is 0 Å². The highest BCUT2D eigenvalue weighted by Gasteiger charge is 2.30. The molecule has 2 saturated heterocycles. The van der Waals surface area contributed by atoms with Gasteiger partial charge in [-0.15, -0.1) is 0 Å². The third-order valence-electron chi connectivity index (χ3n) is 5.15. The lowest BCUT2D eigenvalue weighted by atomic mass is 9.95. The summed E-state index contributed by atoms with van der Waals surface area (Å²) in [4.78, 5) is 16.9. The van der Waals surface area contributed by atoms with E-state index in [0.29, 0.717) is 13.2 Å². The van der Waals surface area contributed by atoms with Crippen LogP contribution in [0.4, 0.5) is 0 Å². The van der Waals surface area contributed by atoms with E-state index < -0.39 is 0 Å². The zero-order valence-electron chi connectivity index (χ0n) is 13.2. The lowest BCUT2D eigenvalue weighted by Gasteiger charge is -2.38. The van der Waals surface area contributed by atoms with Crippen molar-refractivity contribution in [2.24, 2.45) is 5.92 Å². The average molecular weight is 295 g/mol. The van der Waals surface area contributed by atoms with E-state index in [2.05, 4.69) is 17.1 Å². The highest BCUT2D eigenvalue weighted by Crippen LogP contribution is 2.23. The monoisotopic (exact) mass is 295 g/mol. The molecule has 1 amide bonds. The molecule has 3 rings (SSSR count). The summed E-state index contributed by atoms with van der Waals surface area (Å²) >= 11 is 0. The summed E-state index contributed by atoms with van der Waals surface area (Å²) < 4.78 is 5.33. The maximum atomic E-state index is 12.5. The molecule has 1 unspecified atom stereocenters. The summed E-state index contributed by atoms with van der Waals surface area (Å²) in [5, 5.41) is 3.64. The molecule has 2 heterocycles. The van der Waals surface area contributed by atoms with E-state index in [1.54, 1.807) is 0 Å². The standard InChI is InChI=1S/C16H29N3O2/c1-13(16(20)19-8-10-21-11-9-19)18-6-4-14(5-7-18)12-17-15-2-3-15/h13-15,17H,2-12H2,1H3. The number of ether oxygens (including phenoxy) is 1. The van der Waals surface area contributed by atoms with Crippen molar-refractivity contribution in [3.63, 3.8) is 0 Å². The topological polar surface area (TPSA) is 44.8 Å². The molecule has 0 radical (unpaired) electrons. The van der Waals surface area contributed by atoms with Crippen molar-refractivity contribution in [2.45, 2.75) is 44.7 Å². The van der Waals surface area contributed by atoms with Gasteiger partial charge < -0.3 is 15.0 Å². The van der Waals surface area contributed by atoms with Crippen LogP contribution >= 0.6 is 0 Å². The van der Waals surface area contributed by atoms with E-state index in [9.17, 15) is 4.79 Å². The Labute approximate surface area is 128 Å². The molecule has 1 aliphatic carbocycles. The van der Waals surface area contributed by atoms with Crippen LogP contribution in [0, 0.1) is 5.92 Å². The van der Waals surface area contributed by atoms with Gasteiger partial charge in [0.15, 0.2) is 0 Å². The van der Waals surface area contributed by atoms with Crippen LogP contribution in [0.1, 0.15) is 32.6 Å². The van der Waals surface area contributed by atoms with Gasteiger partial charge in [0, 0.05) is 19.1 Å². The highest BCUT2D eigenvalue weighted by atomic mass is 16.5. The number of hydrogen-bond acceptors (Lipinski definition) is 4. The Balaban J connectivity index is 1.40. The number of nitrogens with zero attached hydrogens (tertiary/aromatic N) is 2. The first-order valence-corrected chi connectivity index (χ1v) is 8.58. The van der Waals surface area contributed by atoms with Crippen LogP contribution < -0.4 is 5.32 Å². The number of hydrogen-bond donors (Lipinski definition) is 1. The molecule has 3 aliphatic rings. The van der Waals surface area contributed by atoms with Crippen molar-refractivity contribution in [3.8, 4) is 0 Å². The number of morpholine rings is 1. The Morgan fingerprint density at radius 2 is 1.81 bits per heavy atom. The molecule has 0 aromatic heterocycles. The van der Waals surface area contributed by atoms with E-state index >= 15 is 0 Å². The summed E-state index contributed by atoms with van der Waals surface area (Å²) in [6.07, 6.45) is 5.18. The first-order chi connectivity index (χ1) is 10.2. The van der Waals surface area contributed by atoms with Gasteiger partial charge in [-0.3, -0.25) is 9.69 Å². The second-order valence-corrected chi connectivity index (χ2v) is 6.78. The van der Waals surface area contributed by atoms with Crippen molar-refractivity contribution in [2.75, 3.05) is 45.9 Å². The SMILES string of the molecule is CC(C(=O)N1CCOCC1)N1CCC(CNC2CC2)CC1. The minimum Gasteiger partial charge on any atom is -0.378 e. The molecular formula is C16H29N3O2. The van der Waals surface area contributed by atoms with Crippen molar-refractivity contribution < 1.29 is 9.53 Å². The molecule has 0 bridgehead atoms. The van der Waals surface area contributed by atoms with Gasteiger partial charge in [-0.05, 0) is 58.2 Å². The largest absolute Gasteiger partial charge is 0.378 e. The number of piperidine rings is 1. The maximum absolute atomic E-state index is 12.5. The lowest BCUT2D eigenvalue weighted by Crippen LogP contribution is -2.52. The normalized spacial score (nSPS) is 26.8. The average Bonchev–Trinajstić information content (AvgIpc) is 3.37. The molecule has 5 heteroatoms. The van der Waals surface area contributed by atoms with Gasteiger partial charge in [0.1, 0.15) is 0 Å². The van der Waals surface area contributed by atoms with E-state index in [-0.39, 0.29) is 11.9 Å². The Kier molecular flexibility index (Phi) is 5.14. The summed E-state index contributed by atoms with van der Waals surface area (Å²) in [5.41, 5.74) is 0. The van der Waals surface area contributed by atoms with Gasteiger partial charge in [0.2, 0.25) is 5.91 Å². The zero-order chi connectivity index (χ0) is 14.7. The maximum Gasteiger partial charge on any atom is 0.239 e.